The number of rotatable bonds is 10. The Labute approximate surface area is 241 Å². The van der Waals surface area contributed by atoms with Crippen LogP contribution < -0.4 is 14.4 Å². The molecule has 210 valence electrons. The van der Waals surface area contributed by atoms with Gasteiger partial charge in [-0.05, 0) is 82.6 Å². The largest absolute Gasteiger partial charge is 0.497 e. The highest BCUT2D eigenvalue weighted by molar-refractivity contribution is 8.00. The summed E-state index contributed by atoms with van der Waals surface area (Å²) in [5.41, 5.74) is 3.89. The number of fused-ring (bicyclic) bond motifs is 1. The van der Waals surface area contributed by atoms with Gasteiger partial charge in [0.25, 0.3) is 0 Å². The molecule has 2 aliphatic heterocycles. The first-order valence-corrected chi connectivity index (χ1v) is 15.0. The number of unbranched alkanes of at least 4 members (excludes halogenated alkanes) is 1. The van der Waals surface area contributed by atoms with Crippen LogP contribution in [0.25, 0.3) is 0 Å². The van der Waals surface area contributed by atoms with E-state index in [0.717, 1.165) is 78.5 Å². The fourth-order valence-electron chi connectivity index (χ4n) is 5.56. The predicted molar refractivity (Wildman–Crippen MR) is 161 cm³/mol. The maximum absolute atomic E-state index is 12.9. The van der Waals surface area contributed by atoms with E-state index in [1.54, 1.807) is 25.8 Å². The zero-order valence-corrected chi connectivity index (χ0v) is 24.4. The molecule has 1 unspecified atom stereocenters. The molecule has 7 heteroatoms. The van der Waals surface area contributed by atoms with Crippen molar-refractivity contribution in [2.24, 2.45) is 5.92 Å². The molecular formula is C33H38N2O4S. The summed E-state index contributed by atoms with van der Waals surface area (Å²) >= 11 is 1.66. The third-order valence-electron chi connectivity index (χ3n) is 7.84. The molecule has 3 aromatic carbocycles. The van der Waals surface area contributed by atoms with Crippen LogP contribution >= 0.6 is 11.8 Å². The lowest BCUT2D eigenvalue weighted by Crippen LogP contribution is -2.37. The van der Waals surface area contributed by atoms with Crippen molar-refractivity contribution in [3.63, 3.8) is 0 Å². The van der Waals surface area contributed by atoms with Crippen LogP contribution in [-0.2, 0) is 4.79 Å². The SMILES string of the molecule is COc1ccc(OCCCCN2CCC(C(=O)c3ccc(C)cc3)CC2)c(C2Sc3ccccc3N2C(C)=O)c1. The minimum atomic E-state index is -0.205. The molecule has 5 rings (SSSR count). The highest BCUT2D eigenvalue weighted by Crippen LogP contribution is 2.53. The maximum Gasteiger partial charge on any atom is 0.225 e. The van der Waals surface area contributed by atoms with Crippen LogP contribution in [0.4, 0.5) is 5.69 Å². The molecule has 40 heavy (non-hydrogen) atoms. The molecule has 6 nitrogen and oxygen atoms in total. The molecule has 0 radical (unpaired) electrons. The summed E-state index contributed by atoms with van der Waals surface area (Å²) in [5, 5.41) is -0.205. The number of ether oxygens (including phenoxy) is 2. The van der Waals surface area contributed by atoms with Crippen molar-refractivity contribution in [3.8, 4) is 11.5 Å². The summed E-state index contributed by atoms with van der Waals surface area (Å²) in [6.45, 7) is 7.20. The Kier molecular flexibility index (Phi) is 9.12. The second-order valence-corrected chi connectivity index (χ2v) is 11.8. The van der Waals surface area contributed by atoms with Gasteiger partial charge in [0.05, 0.1) is 19.4 Å². The molecule has 3 aromatic rings. The van der Waals surface area contributed by atoms with Gasteiger partial charge in [0.15, 0.2) is 5.78 Å². The van der Waals surface area contributed by atoms with Crippen molar-refractivity contribution in [1.82, 2.24) is 4.90 Å². The monoisotopic (exact) mass is 558 g/mol. The number of thioether (sulfide) groups is 1. The number of nitrogens with zero attached hydrogens (tertiary/aromatic N) is 2. The van der Waals surface area contributed by atoms with E-state index in [2.05, 4.69) is 11.0 Å². The van der Waals surface area contributed by atoms with Crippen LogP contribution in [0, 0.1) is 12.8 Å². The summed E-state index contributed by atoms with van der Waals surface area (Å²) < 4.78 is 11.8. The third-order valence-corrected chi connectivity index (χ3v) is 9.13. The zero-order valence-electron chi connectivity index (χ0n) is 23.6. The maximum atomic E-state index is 12.9. The normalized spacial score (nSPS) is 17.5. The summed E-state index contributed by atoms with van der Waals surface area (Å²) in [5.74, 6) is 1.94. The number of Topliss-reactive ketones (excluding diaryl/α,β-unsaturated/α-hetero) is 1. The lowest BCUT2D eigenvalue weighted by atomic mass is 9.88. The molecule has 0 N–H and O–H groups in total. The molecule has 1 amide bonds. The van der Waals surface area contributed by atoms with Gasteiger partial charge in [-0.2, -0.15) is 0 Å². The number of carbonyl (C=O) groups is 2. The van der Waals surface area contributed by atoms with E-state index >= 15 is 0 Å². The minimum absolute atomic E-state index is 0.000515. The molecule has 0 spiro atoms. The van der Waals surface area contributed by atoms with Gasteiger partial charge in [0.1, 0.15) is 16.9 Å². The van der Waals surface area contributed by atoms with Crippen LogP contribution in [-0.4, -0.2) is 49.9 Å². The van der Waals surface area contributed by atoms with Gasteiger partial charge < -0.3 is 14.4 Å². The van der Waals surface area contributed by atoms with E-state index < -0.39 is 0 Å². The van der Waals surface area contributed by atoms with Crippen molar-refractivity contribution >= 4 is 29.1 Å². The number of para-hydroxylation sites is 1. The number of hydrogen-bond acceptors (Lipinski definition) is 6. The van der Waals surface area contributed by atoms with Gasteiger partial charge in [0.2, 0.25) is 5.91 Å². The number of benzene rings is 3. The average molecular weight is 559 g/mol. The van der Waals surface area contributed by atoms with Crippen LogP contribution in [0.2, 0.25) is 0 Å². The number of carbonyl (C=O) groups excluding carboxylic acids is 2. The fraction of sp³-hybridized carbons (Fsp3) is 0.394. The quantitative estimate of drug-likeness (QED) is 0.199. The van der Waals surface area contributed by atoms with Gasteiger partial charge in [-0.15, -0.1) is 0 Å². The van der Waals surface area contributed by atoms with E-state index in [1.807, 2.05) is 72.5 Å². The number of anilines is 1. The molecular weight excluding hydrogens is 520 g/mol. The average Bonchev–Trinajstić information content (AvgIpc) is 3.37. The van der Waals surface area contributed by atoms with Gasteiger partial charge >= 0.3 is 0 Å². The number of ketones is 1. The van der Waals surface area contributed by atoms with E-state index in [0.29, 0.717) is 6.61 Å². The lowest BCUT2D eigenvalue weighted by Gasteiger charge is -2.31. The zero-order chi connectivity index (χ0) is 28.1. The number of piperidine rings is 1. The summed E-state index contributed by atoms with van der Waals surface area (Å²) in [6.07, 6.45) is 3.81. The number of likely N-dealkylation sites (tertiary alicyclic amines) is 1. The molecule has 1 atom stereocenters. The van der Waals surface area contributed by atoms with Crippen molar-refractivity contribution in [1.29, 1.82) is 0 Å². The van der Waals surface area contributed by atoms with Crippen LogP contribution in [0.3, 0.4) is 0 Å². The number of methoxy groups -OCH3 is 1. The molecule has 0 bridgehead atoms. The van der Waals surface area contributed by atoms with E-state index in [4.69, 9.17) is 9.47 Å². The van der Waals surface area contributed by atoms with E-state index in [-0.39, 0.29) is 23.0 Å². The van der Waals surface area contributed by atoms with Gasteiger partial charge in [-0.3, -0.25) is 14.5 Å². The predicted octanol–water partition coefficient (Wildman–Crippen LogP) is 6.91. The van der Waals surface area contributed by atoms with Crippen molar-refractivity contribution in [2.45, 2.75) is 49.8 Å². The smallest absolute Gasteiger partial charge is 0.225 e. The number of hydrogen-bond donors (Lipinski definition) is 0. The lowest BCUT2D eigenvalue weighted by molar-refractivity contribution is -0.116. The second kappa shape index (κ2) is 12.9. The number of aryl methyl sites for hydroxylation is 1. The van der Waals surface area contributed by atoms with Crippen molar-refractivity contribution in [3.05, 3.63) is 83.4 Å². The topological polar surface area (TPSA) is 59.1 Å². The van der Waals surface area contributed by atoms with Crippen molar-refractivity contribution < 1.29 is 19.1 Å². The van der Waals surface area contributed by atoms with Gasteiger partial charge in [-0.1, -0.05) is 53.7 Å². The summed E-state index contributed by atoms with van der Waals surface area (Å²) in [6, 6.07) is 21.8. The molecule has 1 fully saturated rings. The Bertz CT molecular complexity index is 1330. The molecule has 0 aromatic heterocycles. The van der Waals surface area contributed by atoms with Crippen LogP contribution in [0.1, 0.15) is 59.5 Å². The first-order valence-electron chi connectivity index (χ1n) is 14.1. The number of amides is 1. The minimum Gasteiger partial charge on any atom is -0.497 e. The standard InChI is InChI=1S/C33H38N2O4S/c1-23-10-12-25(13-11-23)32(37)26-16-19-34(20-17-26)18-6-7-21-39-30-15-14-27(38-3)22-28(30)33-35(24(2)36)29-8-4-5-9-31(29)40-33/h4-5,8-15,22,26,33H,6-7,16-21H2,1-3H3. The molecule has 2 aliphatic rings. The second-order valence-electron chi connectivity index (χ2n) is 10.6. The van der Waals surface area contributed by atoms with Gasteiger partial charge in [0, 0.05) is 28.9 Å². The Morgan fingerprint density at radius 2 is 1.73 bits per heavy atom. The van der Waals surface area contributed by atoms with Gasteiger partial charge in [-0.25, -0.2) is 0 Å². The fourth-order valence-corrected chi connectivity index (χ4v) is 6.93. The molecule has 0 saturated carbocycles. The van der Waals surface area contributed by atoms with Crippen molar-refractivity contribution in [2.75, 3.05) is 38.3 Å². The highest BCUT2D eigenvalue weighted by Gasteiger charge is 2.36. The summed E-state index contributed by atoms with van der Waals surface area (Å²) in [4.78, 5) is 30.9. The first kappa shape index (κ1) is 28.2. The Balaban J connectivity index is 1.12. The highest BCUT2D eigenvalue weighted by atomic mass is 32.2. The molecule has 0 aliphatic carbocycles. The molecule has 2 heterocycles. The Morgan fingerprint density at radius 1 is 0.975 bits per heavy atom. The summed E-state index contributed by atoms with van der Waals surface area (Å²) in [7, 11) is 1.65. The first-order chi connectivity index (χ1) is 19.4. The van der Waals surface area contributed by atoms with Crippen LogP contribution in [0.15, 0.2) is 71.6 Å². The van der Waals surface area contributed by atoms with E-state index in [9.17, 15) is 9.59 Å². The Hall–Kier alpha value is -3.29. The van der Waals surface area contributed by atoms with E-state index in [1.165, 1.54) is 5.56 Å². The van der Waals surface area contributed by atoms with Crippen LogP contribution in [0.5, 0.6) is 11.5 Å². The Morgan fingerprint density at radius 3 is 2.45 bits per heavy atom. The third kappa shape index (κ3) is 6.37. The molecule has 1 saturated heterocycles.